The van der Waals surface area contributed by atoms with E-state index in [1.165, 1.54) is 22.9 Å². The molecule has 0 aliphatic carbocycles. The maximum atomic E-state index is 11.3. The molecule has 3 aromatic rings. The molecule has 2 atom stereocenters. The number of aryl methyl sites for hydroxylation is 2. The molecule has 2 aromatic carbocycles. The number of nitrogens with zero attached hydrogens (tertiary/aromatic N) is 2. The highest BCUT2D eigenvalue weighted by molar-refractivity contribution is 5.83. The number of likely N-dealkylation sites (tertiary alicyclic amines) is 1. The second-order valence-electron chi connectivity index (χ2n) is 9.88. The fourth-order valence-electron chi connectivity index (χ4n) is 5.61. The zero-order valence-electron chi connectivity index (χ0n) is 20.9. The van der Waals surface area contributed by atoms with Crippen LogP contribution in [0.5, 0.6) is 5.75 Å². The molecule has 1 saturated heterocycles. The van der Waals surface area contributed by atoms with Crippen molar-refractivity contribution in [1.29, 1.82) is 0 Å². The third kappa shape index (κ3) is 7.28. The van der Waals surface area contributed by atoms with Crippen molar-refractivity contribution >= 4 is 16.9 Å². The molecule has 1 aliphatic rings. The molecule has 35 heavy (non-hydrogen) atoms. The van der Waals surface area contributed by atoms with Crippen molar-refractivity contribution < 1.29 is 14.6 Å². The molecule has 186 valence electrons. The number of carboxylic acid groups (broad SMARTS) is 1. The summed E-state index contributed by atoms with van der Waals surface area (Å²) in [6, 6.07) is 18.9. The molecule has 2 heterocycles. The number of carboxylic acids is 1. The van der Waals surface area contributed by atoms with Crippen LogP contribution in [-0.2, 0) is 17.6 Å². The Hall–Kier alpha value is -2.92. The van der Waals surface area contributed by atoms with E-state index in [4.69, 9.17) is 4.74 Å². The zero-order valence-corrected chi connectivity index (χ0v) is 20.9. The SMILES string of the molecule is COc1ccc2nccc(CCCC3CCN(CCCc4ccccc4)CC3CCC(=O)O)c2c1. The van der Waals surface area contributed by atoms with E-state index in [0.29, 0.717) is 11.8 Å². The van der Waals surface area contributed by atoms with Crippen molar-refractivity contribution in [1.82, 2.24) is 9.88 Å². The summed E-state index contributed by atoms with van der Waals surface area (Å²) in [4.78, 5) is 18.4. The van der Waals surface area contributed by atoms with Crippen LogP contribution in [0.4, 0.5) is 0 Å². The first-order chi connectivity index (χ1) is 17.1. The van der Waals surface area contributed by atoms with Crippen molar-refractivity contribution in [3.05, 3.63) is 71.9 Å². The lowest BCUT2D eigenvalue weighted by atomic mass is 9.79. The number of rotatable bonds is 12. The number of carbonyl (C=O) groups is 1. The summed E-state index contributed by atoms with van der Waals surface area (Å²) in [5.41, 5.74) is 3.71. The predicted octanol–water partition coefficient (Wildman–Crippen LogP) is 6.00. The Labute approximate surface area is 209 Å². The number of fused-ring (bicyclic) bond motifs is 1. The fraction of sp³-hybridized carbons (Fsp3) is 0.467. The zero-order chi connectivity index (χ0) is 24.5. The van der Waals surface area contributed by atoms with Gasteiger partial charge in [-0.25, -0.2) is 0 Å². The standard InChI is InChI=1S/C30H38N2O3/c1-35-27-13-14-29-28(21-27)25(16-18-31-29)11-5-10-24-17-20-32(22-26(24)12-15-30(33)34)19-6-9-23-7-3-2-4-8-23/h2-4,7-8,13-14,16,18,21,24,26H,5-6,9-12,15,17,19-20,22H2,1H3,(H,33,34). The first-order valence-electron chi connectivity index (χ1n) is 13.0. The van der Waals surface area contributed by atoms with Crippen LogP contribution in [0.2, 0.25) is 0 Å². The smallest absolute Gasteiger partial charge is 0.303 e. The summed E-state index contributed by atoms with van der Waals surface area (Å²) in [6.45, 7) is 3.25. The Morgan fingerprint density at radius 3 is 2.71 bits per heavy atom. The molecule has 5 nitrogen and oxygen atoms in total. The Kier molecular flexibility index (Phi) is 9.13. The summed E-state index contributed by atoms with van der Waals surface area (Å²) >= 11 is 0. The fourth-order valence-corrected chi connectivity index (χ4v) is 5.61. The first-order valence-corrected chi connectivity index (χ1v) is 13.0. The molecule has 4 rings (SSSR count). The third-order valence-corrected chi connectivity index (χ3v) is 7.55. The van der Waals surface area contributed by atoms with Crippen LogP contribution in [0, 0.1) is 11.8 Å². The number of aliphatic carboxylic acids is 1. The van der Waals surface area contributed by atoms with Crippen LogP contribution in [0.1, 0.15) is 49.7 Å². The number of pyridine rings is 1. The Bertz CT molecular complexity index is 1090. The van der Waals surface area contributed by atoms with Gasteiger partial charge in [0.15, 0.2) is 0 Å². The minimum atomic E-state index is -0.679. The number of hydrogen-bond acceptors (Lipinski definition) is 4. The van der Waals surface area contributed by atoms with Gasteiger partial charge in [0.2, 0.25) is 0 Å². The molecule has 0 spiro atoms. The maximum Gasteiger partial charge on any atom is 0.303 e. The monoisotopic (exact) mass is 474 g/mol. The minimum absolute atomic E-state index is 0.272. The van der Waals surface area contributed by atoms with Crippen LogP contribution in [0.25, 0.3) is 10.9 Å². The van der Waals surface area contributed by atoms with E-state index >= 15 is 0 Å². The van der Waals surface area contributed by atoms with Gasteiger partial charge in [-0.3, -0.25) is 9.78 Å². The summed E-state index contributed by atoms with van der Waals surface area (Å²) < 4.78 is 5.42. The van der Waals surface area contributed by atoms with Crippen LogP contribution in [-0.4, -0.2) is 47.7 Å². The van der Waals surface area contributed by atoms with Gasteiger partial charge in [-0.1, -0.05) is 30.3 Å². The van der Waals surface area contributed by atoms with Gasteiger partial charge in [-0.15, -0.1) is 0 Å². The average molecular weight is 475 g/mol. The van der Waals surface area contributed by atoms with Crippen molar-refractivity contribution in [3.8, 4) is 5.75 Å². The van der Waals surface area contributed by atoms with Crippen LogP contribution in [0.3, 0.4) is 0 Å². The first kappa shape index (κ1) is 25.2. The predicted molar refractivity (Wildman–Crippen MR) is 141 cm³/mol. The van der Waals surface area contributed by atoms with Gasteiger partial charge in [0.25, 0.3) is 0 Å². The molecule has 1 aromatic heterocycles. The normalized spacial score (nSPS) is 18.5. The van der Waals surface area contributed by atoms with E-state index in [2.05, 4.69) is 52.3 Å². The molecule has 1 fully saturated rings. The molecular formula is C30H38N2O3. The van der Waals surface area contributed by atoms with Gasteiger partial charge in [0, 0.05) is 24.5 Å². The number of benzene rings is 2. The van der Waals surface area contributed by atoms with E-state index in [1.54, 1.807) is 7.11 Å². The molecule has 5 heteroatoms. The van der Waals surface area contributed by atoms with E-state index < -0.39 is 5.97 Å². The summed E-state index contributed by atoms with van der Waals surface area (Å²) in [5.74, 6) is 1.25. The summed E-state index contributed by atoms with van der Waals surface area (Å²) in [7, 11) is 1.70. The van der Waals surface area contributed by atoms with Gasteiger partial charge >= 0.3 is 5.97 Å². The van der Waals surface area contributed by atoms with E-state index in [-0.39, 0.29) is 6.42 Å². The maximum absolute atomic E-state index is 11.3. The van der Waals surface area contributed by atoms with E-state index in [9.17, 15) is 9.90 Å². The van der Waals surface area contributed by atoms with E-state index in [1.807, 2.05) is 18.3 Å². The number of hydrogen-bond donors (Lipinski definition) is 1. The highest BCUT2D eigenvalue weighted by atomic mass is 16.5. The highest BCUT2D eigenvalue weighted by Gasteiger charge is 2.29. The number of ether oxygens (including phenoxy) is 1. The minimum Gasteiger partial charge on any atom is -0.497 e. The Morgan fingerprint density at radius 1 is 1.06 bits per heavy atom. The van der Waals surface area contributed by atoms with Crippen molar-refractivity contribution in [3.63, 3.8) is 0 Å². The van der Waals surface area contributed by atoms with Crippen LogP contribution < -0.4 is 4.74 Å². The van der Waals surface area contributed by atoms with Gasteiger partial charge in [-0.2, -0.15) is 0 Å². The second-order valence-corrected chi connectivity index (χ2v) is 9.88. The lowest BCUT2D eigenvalue weighted by molar-refractivity contribution is -0.137. The molecule has 1 N–H and O–H groups in total. The number of methoxy groups -OCH3 is 1. The van der Waals surface area contributed by atoms with Gasteiger partial charge in [-0.05, 0) is 105 Å². The molecule has 1 aliphatic heterocycles. The van der Waals surface area contributed by atoms with Crippen molar-refractivity contribution in [2.75, 3.05) is 26.7 Å². The van der Waals surface area contributed by atoms with Gasteiger partial charge in [0.1, 0.15) is 5.75 Å². The second kappa shape index (κ2) is 12.7. The highest BCUT2D eigenvalue weighted by Crippen LogP contribution is 2.32. The van der Waals surface area contributed by atoms with Crippen molar-refractivity contribution in [2.24, 2.45) is 11.8 Å². The third-order valence-electron chi connectivity index (χ3n) is 7.55. The largest absolute Gasteiger partial charge is 0.497 e. The quantitative estimate of drug-likeness (QED) is 0.349. The Morgan fingerprint density at radius 2 is 1.91 bits per heavy atom. The average Bonchev–Trinajstić information content (AvgIpc) is 2.88. The molecular weight excluding hydrogens is 436 g/mol. The summed E-state index contributed by atoms with van der Waals surface area (Å²) in [5, 5.41) is 10.5. The number of piperidine rings is 1. The topological polar surface area (TPSA) is 62.7 Å². The van der Waals surface area contributed by atoms with Crippen molar-refractivity contribution in [2.45, 2.75) is 51.4 Å². The number of aromatic nitrogens is 1. The van der Waals surface area contributed by atoms with Crippen LogP contribution >= 0.6 is 0 Å². The molecule has 0 radical (unpaired) electrons. The molecule has 0 amide bonds. The molecule has 2 unspecified atom stereocenters. The van der Waals surface area contributed by atoms with Gasteiger partial charge < -0.3 is 14.7 Å². The summed E-state index contributed by atoms with van der Waals surface area (Å²) in [6.07, 6.45) is 9.64. The molecule has 0 saturated carbocycles. The Balaban J connectivity index is 1.31. The lowest BCUT2D eigenvalue weighted by Gasteiger charge is -2.39. The van der Waals surface area contributed by atoms with E-state index in [0.717, 1.165) is 69.4 Å². The lowest BCUT2D eigenvalue weighted by Crippen LogP contribution is -2.41. The van der Waals surface area contributed by atoms with Gasteiger partial charge in [0.05, 0.1) is 12.6 Å². The molecule has 0 bridgehead atoms. The van der Waals surface area contributed by atoms with Crippen LogP contribution in [0.15, 0.2) is 60.8 Å².